The average Bonchev–Trinajstić information content (AvgIpc) is 2.28. The highest BCUT2D eigenvalue weighted by Gasteiger charge is 2.12. The van der Waals surface area contributed by atoms with Crippen molar-refractivity contribution in [3.63, 3.8) is 0 Å². The van der Waals surface area contributed by atoms with Crippen molar-refractivity contribution in [1.82, 2.24) is 0 Å². The van der Waals surface area contributed by atoms with Crippen molar-refractivity contribution in [1.29, 1.82) is 5.41 Å². The molecule has 0 saturated heterocycles. The number of rotatable bonds is 5. The molecule has 4 heteroatoms. The van der Waals surface area contributed by atoms with Gasteiger partial charge in [-0.1, -0.05) is 19.9 Å². The Bertz CT molecular complexity index is 377. The van der Waals surface area contributed by atoms with Gasteiger partial charge in [-0.3, -0.25) is 5.41 Å². The maximum absolute atomic E-state index is 7.67. The molecule has 0 aliphatic carbocycles. The summed E-state index contributed by atoms with van der Waals surface area (Å²) in [6.45, 7) is 4.36. The van der Waals surface area contributed by atoms with Gasteiger partial charge >= 0.3 is 0 Å². The minimum Gasteiger partial charge on any atom is -0.384 e. The van der Waals surface area contributed by atoms with Gasteiger partial charge in [0, 0.05) is 20.6 Å². The van der Waals surface area contributed by atoms with Crippen molar-refractivity contribution in [2.45, 2.75) is 35.3 Å². The molecule has 1 atom stereocenters. The molecule has 1 aromatic carbocycles. The van der Waals surface area contributed by atoms with E-state index >= 15 is 0 Å². The van der Waals surface area contributed by atoms with Crippen molar-refractivity contribution in [3.05, 3.63) is 23.8 Å². The fourth-order valence-corrected chi connectivity index (χ4v) is 3.14. The number of nitrogens with one attached hydrogen (secondary N) is 1. The molecule has 0 aliphatic heterocycles. The van der Waals surface area contributed by atoms with Gasteiger partial charge in [0.05, 0.1) is 0 Å². The monoisotopic (exact) mass is 254 g/mol. The quantitative estimate of drug-likeness (QED) is 0.480. The predicted molar refractivity (Wildman–Crippen MR) is 74.8 cm³/mol. The molecule has 0 heterocycles. The summed E-state index contributed by atoms with van der Waals surface area (Å²) >= 11 is 3.43. The smallest absolute Gasteiger partial charge is 0.125 e. The van der Waals surface area contributed by atoms with E-state index in [1.165, 1.54) is 0 Å². The Morgan fingerprint density at radius 3 is 2.56 bits per heavy atom. The van der Waals surface area contributed by atoms with Crippen LogP contribution in [0.25, 0.3) is 0 Å². The summed E-state index contributed by atoms with van der Waals surface area (Å²) in [5.74, 6) is 0.163. The Morgan fingerprint density at radius 2 is 2.06 bits per heavy atom. The molecule has 0 aromatic heterocycles. The van der Waals surface area contributed by atoms with Gasteiger partial charge in [-0.15, -0.1) is 23.5 Å². The van der Waals surface area contributed by atoms with E-state index in [0.717, 1.165) is 21.8 Å². The second-order valence-corrected chi connectivity index (χ2v) is 5.91. The van der Waals surface area contributed by atoms with E-state index in [2.05, 4.69) is 13.8 Å². The van der Waals surface area contributed by atoms with Crippen LogP contribution < -0.4 is 5.73 Å². The molecule has 2 nitrogen and oxygen atoms in total. The third-order valence-electron chi connectivity index (χ3n) is 2.38. The Morgan fingerprint density at radius 1 is 1.44 bits per heavy atom. The number of benzene rings is 1. The zero-order valence-corrected chi connectivity index (χ0v) is 11.5. The van der Waals surface area contributed by atoms with E-state index in [1.54, 1.807) is 23.5 Å². The highest BCUT2D eigenvalue weighted by molar-refractivity contribution is 8.00. The number of nitrogens with two attached hydrogens (primary N) is 1. The Hall–Kier alpha value is -0.610. The maximum Gasteiger partial charge on any atom is 0.125 e. The van der Waals surface area contributed by atoms with Crippen LogP contribution in [-0.2, 0) is 0 Å². The van der Waals surface area contributed by atoms with Crippen LogP contribution in [0.5, 0.6) is 0 Å². The topological polar surface area (TPSA) is 49.9 Å². The summed E-state index contributed by atoms with van der Waals surface area (Å²) in [5, 5.41) is 8.22. The van der Waals surface area contributed by atoms with Crippen LogP contribution in [0, 0.1) is 5.41 Å². The fraction of sp³-hybridized carbons (Fsp3) is 0.417. The van der Waals surface area contributed by atoms with Gasteiger partial charge in [-0.05, 0) is 24.8 Å². The summed E-state index contributed by atoms with van der Waals surface area (Å²) in [5.41, 5.74) is 6.55. The number of thioether (sulfide) groups is 2. The molecular formula is C12H18N2S2. The summed E-state index contributed by atoms with van der Waals surface area (Å²) < 4.78 is 0. The lowest BCUT2D eigenvalue weighted by Crippen LogP contribution is -2.14. The van der Waals surface area contributed by atoms with Crippen molar-refractivity contribution < 1.29 is 0 Å². The highest BCUT2D eigenvalue weighted by Crippen LogP contribution is 2.33. The molecule has 0 amide bonds. The lowest BCUT2D eigenvalue weighted by Gasteiger charge is -2.14. The summed E-state index contributed by atoms with van der Waals surface area (Å²) in [6, 6.07) is 6.10. The number of nitrogen functional groups attached to an aromatic ring is 1. The highest BCUT2D eigenvalue weighted by atomic mass is 32.2. The Kier molecular flexibility index (Phi) is 5.22. The van der Waals surface area contributed by atoms with Gasteiger partial charge in [-0.25, -0.2) is 0 Å². The van der Waals surface area contributed by atoms with E-state index in [1.807, 2.05) is 24.5 Å². The molecule has 0 spiro atoms. The van der Waals surface area contributed by atoms with E-state index in [9.17, 15) is 0 Å². The number of hydrogen-bond donors (Lipinski definition) is 2. The molecule has 88 valence electrons. The lowest BCUT2D eigenvalue weighted by atomic mass is 10.2. The minimum atomic E-state index is 0.163. The SMILES string of the molecule is CCC(C)Sc1cccc(SC)c1C(=N)N. The van der Waals surface area contributed by atoms with Crippen LogP contribution in [-0.4, -0.2) is 17.3 Å². The first kappa shape index (κ1) is 13.5. The van der Waals surface area contributed by atoms with Gasteiger partial charge in [0.1, 0.15) is 5.84 Å². The maximum atomic E-state index is 7.67. The Balaban J connectivity index is 3.12. The summed E-state index contributed by atoms with van der Waals surface area (Å²) in [6.07, 6.45) is 3.13. The van der Waals surface area contributed by atoms with Crippen molar-refractivity contribution in [3.8, 4) is 0 Å². The zero-order valence-electron chi connectivity index (χ0n) is 9.91. The molecule has 1 unspecified atom stereocenters. The molecule has 0 radical (unpaired) electrons. The van der Waals surface area contributed by atoms with Crippen molar-refractivity contribution in [2.24, 2.45) is 5.73 Å². The van der Waals surface area contributed by atoms with Crippen LogP contribution in [0.15, 0.2) is 28.0 Å². The predicted octanol–water partition coefficient (Wildman–Crippen LogP) is 3.58. The van der Waals surface area contributed by atoms with Crippen LogP contribution >= 0.6 is 23.5 Å². The third-order valence-corrected chi connectivity index (χ3v) is 4.49. The van der Waals surface area contributed by atoms with Gasteiger partial charge < -0.3 is 5.73 Å². The zero-order chi connectivity index (χ0) is 12.1. The fourth-order valence-electron chi connectivity index (χ4n) is 1.34. The lowest BCUT2D eigenvalue weighted by molar-refractivity contribution is 0.905. The van der Waals surface area contributed by atoms with Crippen molar-refractivity contribution in [2.75, 3.05) is 6.26 Å². The molecule has 0 aliphatic rings. The van der Waals surface area contributed by atoms with Crippen LogP contribution in [0.1, 0.15) is 25.8 Å². The summed E-state index contributed by atoms with van der Waals surface area (Å²) in [4.78, 5) is 2.20. The van der Waals surface area contributed by atoms with Gasteiger partial charge in [0.15, 0.2) is 0 Å². The third kappa shape index (κ3) is 3.19. The first-order valence-corrected chi connectivity index (χ1v) is 7.38. The molecule has 1 rings (SSSR count). The first-order valence-electron chi connectivity index (χ1n) is 5.28. The van der Waals surface area contributed by atoms with E-state index in [4.69, 9.17) is 11.1 Å². The second-order valence-electron chi connectivity index (χ2n) is 3.58. The first-order chi connectivity index (χ1) is 7.60. The van der Waals surface area contributed by atoms with Gasteiger partial charge in [-0.2, -0.15) is 0 Å². The average molecular weight is 254 g/mol. The molecule has 0 fully saturated rings. The molecule has 0 bridgehead atoms. The summed E-state index contributed by atoms with van der Waals surface area (Å²) in [7, 11) is 0. The molecule has 1 aromatic rings. The van der Waals surface area contributed by atoms with E-state index in [0.29, 0.717) is 5.25 Å². The molecule has 0 saturated carbocycles. The Labute approximate surface area is 106 Å². The van der Waals surface area contributed by atoms with Crippen LogP contribution in [0.3, 0.4) is 0 Å². The molecule has 16 heavy (non-hydrogen) atoms. The van der Waals surface area contributed by atoms with Crippen LogP contribution in [0.2, 0.25) is 0 Å². The molecule has 3 N–H and O–H groups in total. The molecular weight excluding hydrogens is 236 g/mol. The van der Waals surface area contributed by atoms with E-state index < -0.39 is 0 Å². The standard InChI is InChI=1S/C12H18N2S2/c1-4-8(2)16-10-7-5-6-9(15-3)11(10)12(13)14/h5-8H,4H2,1-3H3,(H3,13,14). The van der Waals surface area contributed by atoms with Gasteiger partial charge in [0.25, 0.3) is 0 Å². The number of amidine groups is 1. The second kappa shape index (κ2) is 6.21. The normalized spacial score (nSPS) is 12.4. The van der Waals surface area contributed by atoms with Crippen molar-refractivity contribution >= 4 is 29.4 Å². The minimum absolute atomic E-state index is 0.163. The van der Waals surface area contributed by atoms with E-state index in [-0.39, 0.29) is 5.84 Å². The van der Waals surface area contributed by atoms with Crippen LogP contribution in [0.4, 0.5) is 0 Å². The number of hydrogen-bond acceptors (Lipinski definition) is 3. The van der Waals surface area contributed by atoms with Gasteiger partial charge in [0.2, 0.25) is 0 Å². The largest absolute Gasteiger partial charge is 0.384 e.